The van der Waals surface area contributed by atoms with Crippen LogP contribution in [0.15, 0.2) is 30.3 Å². The van der Waals surface area contributed by atoms with Crippen LogP contribution in [-0.4, -0.2) is 4.57 Å². The van der Waals surface area contributed by atoms with Gasteiger partial charge in [-0.3, -0.25) is 0 Å². The van der Waals surface area contributed by atoms with Crippen LogP contribution in [0.2, 0.25) is 0 Å². The molecular formula is C22H29N2+. The summed E-state index contributed by atoms with van der Waals surface area (Å²) < 4.78 is 4.89. The van der Waals surface area contributed by atoms with E-state index in [1.165, 1.54) is 60.6 Å². The van der Waals surface area contributed by atoms with Crippen molar-refractivity contribution in [2.24, 2.45) is 5.92 Å². The Balaban J connectivity index is 1.87. The van der Waals surface area contributed by atoms with Crippen LogP contribution < -0.4 is 4.57 Å². The van der Waals surface area contributed by atoms with Crippen LogP contribution in [0.4, 0.5) is 0 Å². The molecule has 1 atom stereocenters. The van der Waals surface area contributed by atoms with E-state index in [-0.39, 0.29) is 5.41 Å². The Morgan fingerprint density at radius 3 is 2.46 bits per heavy atom. The van der Waals surface area contributed by atoms with Gasteiger partial charge in [-0.1, -0.05) is 37.5 Å². The summed E-state index contributed by atoms with van der Waals surface area (Å²) in [6.07, 6.45) is 11.7. The molecule has 24 heavy (non-hydrogen) atoms. The van der Waals surface area contributed by atoms with E-state index in [1.54, 1.807) is 0 Å². The summed E-state index contributed by atoms with van der Waals surface area (Å²) >= 11 is 0. The first-order chi connectivity index (χ1) is 11.5. The van der Waals surface area contributed by atoms with Crippen molar-refractivity contribution in [3.05, 3.63) is 53.1 Å². The molecule has 2 heteroatoms. The smallest absolute Gasteiger partial charge is 0.203 e. The maximum atomic E-state index is 2.47. The van der Waals surface area contributed by atoms with Crippen molar-refractivity contribution >= 4 is 6.20 Å². The monoisotopic (exact) mass is 321 g/mol. The lowest BCUT2D eigenvalue weighted by atomic mass is 9.68. The van der Waals surface area contributed by atoms with Gasteiger partial charge in [-0.15, -0.1) is 0 Å². The highest BCUT2D eigenvalue weighted by Crippen LogP contribution is 2.44. The van der Waals surface area contributed by atoms with E-state index in [9.17, 15) is 0 Å². The maximum Gasteiger partial charge on any atom is 0.263 e. The van der Waals surface area contributed by atoms with Gasteiger partial charge in [0.1, 0.15) is 11.4 Å². The number of hydrogen-bond donors (Lipinski definition) is 0. The van der Waals surface area contributed by atoms with Gasteiger partial charge in [-0.25, -0.2) is 4.57 Å². The molecule has 1 aliphatic heterocycles. The third kappa shape index (κ3) is 2.12. The van der Waals surface area contributed by atoms with E-state index in [4.69, 9.17) is 0 Å². The molecule has 2 aliphatic rings. The van der Waals surface area contributed by atoms with Gasteiger partial charge in [-0.05, 0) is 50.3 Å². The molecule has 0 bridgehead atoms. The zero-order valence-electron chi connectivity index (χ0n) is 15.5. The Kier molecular flexibility index (Phi) is 3.67. The Hall–Kier alpha value is -1.83. The first kappa shape index (κ1) is 15.7. The summed E-state index contributed by atoms with van der Waals surface area (Å²) in [5, 5.41) is 0. The Bertz CT molecular complexity index is 806. The summed E-state index contributed by atoms with van der Waals surface area (Å²) in [6, 6.07) is 8.72. The van der Waals surface area contributed by atoms with Crippen LogP contribution in [0.25, 0.3) is 11.9 Å². The second-order valence-electron chi connectivity index (χ2n) is 7.91. The number of fused-ring (bicyclic) bond motifs is 1. The van der Waals surface area contributed by atoms with Crippen LogP contribution in [-0.2, 0) is 5.41 Å². The average molecular weight is 321 g/mol. The molecular weight excluding hydrogens is 292 g/mol. The molecule has 0 saturated heterocycles. The van der Waals surface area contributed by atoms with Crippen molar-refractivity contribution in [3.63, 3.8) is 0 Å². The van der Waals surface area contributed by atoms with Crippen LogP contribution in [0.3, 0.4) is 0 Å². The van der Waals surface area contributed by atoms with Crippen LogP contribution >= 0.6 is 0 Å². The zero-order valence-corrected chi connectivity index (χ0v) is 15.5. The fourth-order valence-corrected chi connectivity index (χ4v) is 5.13. The topological polar surface area (TPSA) is 8.81 Å². The Morgan fingerprint density at radius 1 is 1.04 bits per heavy atom. The number of allylic oxidation sites excluding steroid dienone is 1. The molecule has 1 aromatic heterocycles. The van der Waals surface area contributed by atoms with Crippen molar-refractivity contribution in [1.29, 1.82) is 0 Å². The number of aryl methyl sites for hydroxylation is 1. The predicted molar refractivity (Wildman–Crippen MR) is 99.4 cm³/mol. The molecule has 1 unspecified atom stereocenters. The molecule has 2 heterocycles. The fourth-order valence-electron chi connectivity index (χ4n) is 5.13. The highest BCUT2D eigenvalue weighted by atomic mass is 15.2. The van der Waals surface area contributed by atoms with Crippen LogP contribution in [0.5, 0.6) is 0 Å². The highest BCUT2D eigenvalue weighted by Gasteiger charge is 2.46. The van der Waals surface area contributed by atoms with E-state index < -0.39 is 0 Å². The minimum absolute atomic E-state index is 0.184. The molecule has 126 valence electrons. The number of benzene rings is 1. The van der Waals surface area contributed by atoms with E-state index in [1.807, 2.05) is 0 Å². The number of aromatic nitrogens is 2. The lowest BCUT2D eigenvalue weighted by molar-refractivity contribution is -0.581. The summed E-state index contributed by atoms with van der Waals surface area (Å²) in [7, 11) is 0. The number of hydrogen-bond acceptors (Lipinski definition) is 0. The third-order valence-corrected chi connectivity index (χ3v) is 6.48. The highest BCUT2D eigenvalue weighted by molar-refractivity contribution is 5.46. The largest absolute Gasteiger partial charge is 0.263 e. The predicted octanol–water partition coefficient (Wildman–Crippen LogP) is 5.01. The van der Waals surface area contributed by atoms with E-state index in [0.717, 1.165) is 5.92 Å². The molecule has 1 aliphatic carbocycles. The first-order valence-corrected chi connectivity index (χ1v) is 9.43. The van der Waals surface area contributed by atoms with Gasteiger partial charge in [0.2, 0.25) is 0 Å². The van der Waals surface area contributed by atoms with Gasteiger partial charge in [-0.2, -0.15) is 4.57 Å². The summed E-state index contributed by atoms with van der Waals surface area (Å²) in [5.74, 6) is 2.09. The average Bonchev–Trinajstić information content (AvgIpc) is 3.07. The second kappa shape index (κ2) is 5.61. The SMILES string of the molecule is Cc1ccccc1-n1c(C)c2[n+](c1C)C=CC2(C)C1CCCCC1. The quantitative estimate of drug-likeness (QED) is 0.687. The summed E-state index contributed by atoms with van der Waals surface area (Å²) in [6.45, 7) is 9.23. The minimum atomic E-state index is 0.184. The second-order valence-corrected chi connectivity index (χ2v) is 7.91. The first-order valence-electron chi connectivity index (χ1n) is 9.43. The summed E-state index contributed by atoms with van der Waals surface area (Å²) in [5.41, 5.74) is 5.74. The van der Waals surface area contributed by atoms with Crippen molar-refractivity contribution in [1.82, 2.24) is 4.57 Å². The summed E-state index contributed by atoms with van der Waals surface area (Å²) in [4.78, 5) is 0. The lowest BCUT2D eigenvalue weighted by Crippen LogP contribution is -2.38. The zero-order chi connectivity index (χ0) is 16.9. The number of rotatable bonds is 2. The molecule has 1 fully saturated rings. The van der Waals surface area contributed by atoms with Gasteiger partial charge < -0.3 is 0 Å². The van der Waals surface area contributed by atoms with Crippen LogP contribution in [0.1, 0.15) is 61.8 Å². The third-order valence-electron chi connectivity index (χ3n) is 6.48. The van der Waals surface area contributed by atoms with Crippen molar-refractivity contribution < 1.29 is 4.57 Å². The molecule has 0 spiro atoms. The Morgan fingerprint density at radius 2 is 1.75 bits per heavy atom. The standard InChI is InChI=1S/C22H29N2/c1-16-10-8-9-13-20(16)24-17(2)21-22(4,14-15-23(21)18(24)3)19-11-6-5-7-12-19/h8-10,13-15,19H,5-7,11-12H2,1-4H3/q+1. The Labute approximate surface area is 145 Å². The number of nitrogens with zero attached hydrogens (tertiary/aromatic N) is 2. The molecule has 0 amide bonds. The fraction of sp³-hybridized carbons (Fsp3) is 0.500. The normalized spacial score (nSPS) is 23.7. The molecule has 4 rings (SSSR count). The van der Waals surface area contributed by atoms with E-state index in [2.05, 4.69) is 73.4 Å². The molecule has 2 aromatic rings. The molecule has 2 nitrogen and oxygen atoms in total. The van der Waals surface area contributed by atoms with Gasteiger partial charge >= 0.3 is 0 Å². The minimum Gasteiger partial charge on any atom is -0.203 e. The van der Waals surface area contributed by atoms with E-state index >= 15 is 0 Å². The van der Waals surface area contributed by atoms with Gasteiger partial charge in [0.05, 0.1) is 11.6 Å². The number of para-hydroxylation sites is 1. The van der Waals surface area contributed by atoms with Gasteiger partial charge in [0, 0.05) is 13.8 Å². The van der Waals surface area contributed by atoms with Gasteiger partial charge in [0.15, 0.2) is 5.69 Å². The van der Waals surface area contributed by atoms with E-state index in [0.29, 0.717) is 0 Å². The van der Waals surface area contributed by atoms with Crippen LogP contribution in [0, 0.1) is 26.7 Å². The van der Waals surface area contributed by atoms with Crippen molar-refractivity contribution in [2.45, 2.75) is 65.2 Å². The maximum absolute atomic E-state index is 2.47. The molecule has 1 aromatic carbocycles. The lowest BCUT2D eigenvalue weighted by Gasteiger charge is -2.34. The molecule has 1 saturated carbocycles. The number of imidazole rings is 1. The van der Waals surface area contributed by atoms with Crippen molar-refractivity contribution in [3.8, 4) is 5.69 Å². The van der Waals surface area contributed by atoms with Crippen molar-refractivity contribution in [2.75, 3.05) is 0 Å². The molecule has 0 radical (unpaired) electrons. The van der Waals surface area contributed by atoms with Gasteiger partial charge in [0.25, 0.3) is 5.82 Å². The molecule has 0 N–H and O–H groups in total.